The quantitative estimate of drug-likeness (QED) is 0.722. The lowest BCUT2D eigenvalue weighted by atomic mass is 10.1. The predicted molar refractivity (Wildman–Crippen MR) is 88.5 cm³/mol. The van der Waals surface area contributed by atoms with E-state index >= 15 is 0 Å². The lowest BCUT2D eigenvalue weighted by molar-refractivity contribution is -0.0104. The van der Waals surface area contributed by atoms with Crippen molar-refractivity contribution >= 4 is 5.91 Å². The number of morpholine rings is 1. The molecule has 0 N–H and O–H groups in total. The van der Waals surface area contributed by atoms with Crippen LogP contribution in [0.4, 0.5) is 0 Å². The summed E-state index contributed by atoms with van der Waals surface area (Å²) in [6.07, 6.45) is 1.59. The fraction of sp³-hybridized carbons (Fsp3) is 0.211. The lowest BCUT2D eigenvalue weighted by Gasteiger charge is -2.33. The average Bonchev–Trinajstić information content (AvgIpc) is 3.34. The normalized spacial score (nSPS) is 17.4. The molecule has 128 valence electrons. The summed E-state index contributed by atoms with van der Waals surface area (Å²) >= 11 is 0. The van der Waals surface area contributed by atoms with Crippen LogP contribution in [0.3, 0.4) is 0 Å². The van der Waals surface area contributed by atoms with E-state index in [2.05, 4.69) is 0 Å². The number of hydrogen-bond acceptors (Lipinski definition) is 5. The molecule has 6 heteroatoms. The first-order chi connectivity index (χ1) is 12.3. The molecule has 1 fully saturated rings. The Morgan fingerprint density at radius 3 is 2.76 bits per heavy atom. The summed E-state index contributed by atoms with van der Waals surface area (Å²) in [6, 6.07) is 15.9. The minimum atomic E-state index is -0.264. The summed E-state index contributed by atoms with van der Waals surface area (Å²) in [7, 11) is 0. The van der Waals surface area contributed by atoms with Crippen molar-refractivity contribution in [2.75, 3.05) is 19.8 Å². The van der Waals surface area contributed by atoms with Crippen LogP contribution >= 0.6 is 0 Å². The topological polar surface area (TPSA) is 65.0 Å². The van der Waals surface area contributed by atoms with Gasteiger partial charge in [-0.2, -0.15) is 0 Å². The van der Waals surface area contributed by atoms with Crippen LogP contribution in [-0.4, -0.2) is 30.6 Å². The molecule has 4 rings (SSSR count). The van der Waals surface area contributed by atoms with Crippen LogP contribution in [0.5, 0.6) is 11.7 Å². The lowest BCUT2D eigenvalue weighted by Crippen LogP contribution is -2.43. The van der Waals surface area contributed by atoms with Gasteiger partial charge < -0.3 is 23.2 Å². The Balaban J connectivity index is 1.52. The molecule has 25 heavy (non-hydrogen) atoms. The van der Waals surface area contributed by atoms with E-state index in [1.165, 1.54) is 0 Å². The van der Waals surface area contributed by atoms with Gasteiger partial charge in [0.25, 0.3) is 11.9 Å². The van der Waals surface area contributed by atoms with Crippen molar-refractivity contribution in [2.45, 2.75) is 6.04 Å². The van der Waals surface area contributed by atoms with Gasteiger partial charge >= 0.3 is 0 Å². The van der Waals surface area contributed by atoms with E-state index < -0.39 is 0 Å². The van der Waals surface area contributed by atoms with Crippen LogP contribution in [0.15, 0.2) is 69.7 Å². The molecule has 0 saturated carbocycles. The highest BCUT2D eigenvalue weighted by molar-refractivity contribution is 5.92. The average molecular weight is 339 g/mol. The second-order valence-corrected chi connectivity index (χ2v) is 5.64. The van der Waals surface area contributed by atoms with Gasteiger partial charge in [0.05, 0.1) is 19.5 Å². The van der Waals surface area contributed by atoms with Crippen LogP contribution in [0, 0.1) is 0 Å². The van der Waals surface area contributed by atoms with E-state index in [9.17, 15) is 4.79 Å². The first-order valence-corrected chi connectivity index (χ1v) is 8.06. The Morgan fingerprint density at radius 1 is 1.08 bits per heavy atom. The van der Waals surface area contributed by atoms with Crippen molar-refractivity contribution in [3.8, 4) is 11.7 Å². The Hall–Kier alpha value is -2.99. The van der Waals surface area contributed by atoms with Crippen LogP contribution in [0.2, 0.25) is 0 Å². The van der Waals surface area contributed by atoms with Crippen molar-refractivity contribution in [1.82, 2.24) is 4.90 Å². The van der Waals surface area contributed by atoms with Crippen molar-refractivity contribution in [3.63, 3.8) is 0 Å². The summed E-state index contributed by atoms with van der Waals surface area (Å²) < 4.78 is 22.1. The zero-order valence-electron chi connectivity index (χ0n) is 13.5. The molecule has 3 heterocycles. The van der Waals surface area contributed by atoms with Gasteiger partial charge in [-0.05, 0) is 30.3 Å². The maximum Gasteiger partial charge on any atom is 0.290 e. The molecule has 1 aromatic carbocycles. The maximum atomic E-state index is 12.9. The van der Waals surface area contributed by atoms with E-state index in [4.69, 9.17) is 18.3 Å². The number of hydrogen-bond donors (Lipinski definition) is 0. The first-order valence-electron chi connectivity index (χ1n) is 8.06. The molecule has 0 aliphatic carbocycles. The highest BCUT2D eigenvalue weighted by Gasteiger charge is 2.32. The molecule has 2 aromatic heterocycles. The molecule has 1 unspecified atom stereocenters. The number of carbonyl (C=O) groups is 1. The summed E-state index contributed by atoms with van der Waals surface area (Å²) in [5, 5.41) is 0. The largest absolute Gasteiger partial charge is 0.467 e. The van der Waals surface area contributed by atoms with E-state index in [0.29, 0.717) is 31.3 Å². The third-order valence-electron chi connectivity index (χ3n) is 4.01. The number of benzene rings is 1. The smallest absolute Gasteiger partial charge is 0.290 e. The zero-order valence-corrected chi connectivity index (χ0v) is 13.5. The Bertz CT molecular complexity index is 825. The van der Waals surface area contributed by atoms with Gasteiger partial charge in [0, 0.05) is 12.6 Å². The van der Waals surface area contributed by atoms with Gasteiger partial charge in [0.2, 0.25) is 0 Å². The summed E-state index contributed by atoms with van der Waals surface area (Å²) in [6.45, 7) is 1.35. The molecule has 1 amide bonds. The van der Waals surface area contributed by atoms with Crippen LogP contribution in [-0.2, 0) is 4.74 Å². The number of furan rings is 2. The van der Waals surface area contributed by atoms with E-state index in [1.54, 1.807) is 29.4 Å². The minimum Gasteiger partial charge on any atom is -0.467 e. The van der Waals surface area contributed by atoms with Gasteiger partial charge in [0.1, 0.15) is 17.6 Å². The number of ether oxygens (including phenoxy) is 2. The molecule has 6 nitrogen and oxygen atoms in total. The van der Waals surface area contributed by atoms with Crippen molar-refractivity contribution in [2.24, 2.45) is 0 Å². The Kier molecular flexibility index (Phi) is 4.26. The van der Waals surface area contributed by atoms with Crippen molar-refractivity contribution < 1.29 is 23.1 Å². The molecule has 3 aromatic rings. The predicted octanol–water partition coefficient (Wildman–Crippen LogP) is 3.88. The van der Waals surface area contributed by atoms with E-state index in [-0.39, 0.29) is 23.7 Å². The Morgan fingerprint density at radius 2 is 1.96 bits per heavy atom. The number of amides is 1. The molecule has 1 aliphatic heterocycles. The summed E-state index contributed by atoms with van der Waals surface area (Å²) in [4.78, 5) is 14.6. The number of para-hydroxylation sites is 1. The van der Waals surface area contributed by atoms with Crippen LogP contribution < -0.4 is 4.74 Å². The summed E-state index contributed by atoms with van der Waals surface area (Å²) in [5.74, 6) is 1.63. The molecule has 1 aliphatic rings. The standard InChI is InChI=1S/C19H17NO5/c21-19(20-10-12-22-13-15(20)16-7-4-11-23-16)17-8-9-18(25-17)24-14-5-2-1-3-6-14/h1-9,11,15H,10,12-13H2. The Labute approximate surface area is 144 Å². The van der Waals surface area contributed by atoms with Gasteiger partial charge in [-0.25, -0.2) is 0 Å². The van der Waals surface area contributed by atoms with Crippen molar-refractivity contribution in [1.29, 1.82) is 0 Å². The molecule has 0 spiro atoms. The highest BCUT2D eigenvalue weighted by atomic mass is 16.6. The fourth-order valence-electron chi connectivity index (χ4n) is 2.80. The molecular weight excluding hydrogens is 322 g/mol. The van der Waals surface area contributed by atoms with Gasteiger partial charge in [-0.15, -0.1) is 0 Å². The van der Waals surface area contributed by atoms with Gasteiger partial charge in [-0.1, -0.05) is 18.2 Å². The molecule has 1 atom stereocenters. The SMILES string of the molecule is O=C(c1ccc(Oc2ccccc2)o1)N1CCOCC1c1ccco1. The highest BCUT2D eigenvalue weighted by Crippen LogP contribution is 2.29. The second-order valence-electron chi connectivity index (χ2n) is 5.64. The van der Waals surface area contributed by atoms with Crippen LogP contribution in [0.1, 0.15) is 22.4 Å². The molecular formula is C19H17NO5. The summed E-state index contributed by atoms with van der Waals surface area (Å²) in [5.41, 5.74) is 0. The third kappa shape index (κ3) is 3.29. The number of nitrogens with zero attached hydrogens (tertiary/aromatic N) is 1. The van der Waals surface area contributed by atoms with Crippen LogP contribution in [0.25, 0.3) is 0 Å². The van der Waals surface area contributed by atoms with Gasteiger partial charge in [0.15, 0.2) is 5.76 Å². The maximum absolute atomic E-state index is 12.9. The zero-order chi connectivity index (χ0) is 17.1. The van der Waals surface area contributed by atoms with Gasteiger partial charge in [-0.3, -0.25) is 4.79 Å². The molecule has 1 saturated heterocycles. The van der Waals surface area contributed by atoms with E-state index in [0.717, 1.165) is 0 Å². The third-order valence-corrected chi connectivity index (χ3v) is 4.01. The fourth-order valence-corrected chi connectivity index (χ4v) is 2.80. The molecule has 0 radical (unpaired) electrons. The van der Waals surface area contributed by atoms with Crippen molar-refractivity contribution in [3.05, 3.63) is 72.4 Å². The number of carbonyl (C=O) groups excluding carboxylic acids is 1. The number of rotatable bonds is 4. The monoisotopic (exact) mass is 339 g/mol. The molecule has 0 bridgehead atoms. The minimum absolute atomic E-state index is 0.215. The van der Waals surface area contributed by atoms with E-state index in [1.807, 2.05) is 36.4 Å². The second kappa shape index (κ2) is 6.86. The first kappa shape index (κ1) is 15.5.